The largest absolute Gasteiger partial charge is 0.352 e. The Balaban J connectivity index is 1.84. The van der Waals surface area contributed by atoms with E-state index < -0.39 is 28.9 Å². The second-order valence-electron chi connectivity index (χ2n) is 5.34. The van der Waals surface area contributed by atoms with E-state index in [0.717, 1.165) is 11.8 Å². The molecule has 2 aromatic rings. The van der Waals surface area contributed by atoms with Gasteiger partial charge in [-0.15, -0.1) is 0 Å². The molecule has 1 amide bonds. The minimum Gasteiger partial charge on any atom is -0.352 e. The molecular formula is C17H17F3N2O2. The molecule has 0 aliphatic carbocycles. The standard InChI is InChI=1S/C17H17F3N2O2/c1-11-5-4-6-14(23)22(11)10-3-2-9-21-17(24)12-7-8-13(18)16(20)15(12)19/h4-8H,2-3,9-10H2,1H3,(H,21,24). The van der Waals surface area contributed by atoms with Crippen molar-refractivity contribution in [1.29, 1.82) is 0 Å². The van der Waals surface area contributed by atoms with Gasteiger partial charge in [0.15, 0.2) is 17.5 Å². The van der Waals surface area contributed by atoms with Crippen molar-refractivity contribution >= 4 is 5.91 Å². The summed E-state index contributed by atoms with van der Waals surface area (Å²) in [6, 6.07) is 6.59. The summed E-state index contributed by atoms with van der Waals surface area (Å²) in [5, 5.41) is 2.45. The van der Waals surface area contributed by atoms with Crippen LogP contribution in [0.1, 0.15) is 28.9 Å². The molecule has 24 heavy (non-hydrogen) atoms. The van der Waals surface area contributed by atoms with Crippen LogP contribution in [0.3, 0.4) is 0 Å². The van der Waals surface area contributed by atoms with Crippen LogP contribution in [-0.2, 0) is 6.54 Å². The zero-order valence-electron chi connectivity index (χ0n) is 13.1. The highest BCUT2D eigenvalue weighted by atomic mass is 19.2. The number of hydrogen-bond acceptors (Lipinski definition) is 2. The first-order valence-electron chi connectivity index (χ1n) is 7.50. The van der Waals surface area contributed by atoms with Crippen LogP contribution < -0.4 is 10.9 Å². The van der Waals surface area contributed by atoms with Crippen molar-refractivity contribution in [1.82, 2.24) is 9.88 Å². The van der Waals surface area contributed by atoms with Crippen LogP contribution in [0.15, 0.2) is 35.1 Å². The van der Waals surface area contributed by atoms with E-state index in [-0.39, 0.29) is 12.1 Å². The van der Waals surface area contributed by atoms with Gasteiger partial charge in [0.1, 0.15) is 0 Å². The molecule has 0 aliphatic rings. The minimum absolute atomic E-state index is 0.0945. The van der Waals surface area contributed by atoms with Gasteiger partial charge in [-0.05, 0) is 38.0 Å². The van der Waals surface area contributed by atoms with E-state index in [9.17, 15) is 22.8 Å². The van der Waals surface area contributed by atoms with E-state index in [1.54, 1.807) is 10.6 Å². The topological polar surface area (TPSA) is 51.1 Å². The molecule has 4 nitrogen and oxygen atoms in total. The summed E-state index contributed by atoms with van der Waals surface area (Å²) in [4.78, 5) is 23.5. The van der Waals surface area contributed by atoms with Gasteiger partial charge in [0.05, 0.1) is 5.56 Å². The molecule has 0 atom stereocenters. The fourth-order valence-corrected chi connectivity index (χ4v) is 2.30. The monoisotopic (exact) mass is 338 g/mol. The predicted molar refractivity (Wildman–Crippen MR) is 83.3 cm³/mol. The Labute approximate surface area is 136 Å². The van der Waals surface area contributed by atoms with E-state index >= 15 is 0 Å². The Morgan fingerprint density at radius 2 is 1.83 bits per heavy atom. The average Bonchev–Trinajstić information content (AvgIpc) is 2.54. The second kappa shape index (κ2) is 7.81. The number of amides is 1. The molecule has 128 valence electrons. The first-order valence-corrected chi connectivity index (χ1v) is 7.50. The summed E-state index contributed by atoms with van der Waals surface area (Å²) >= 11 is 0. The SMILES string of the molecule is Cc1cccc(=O)n1CCCCNC(=O)c1ccc(F)c(F)c1F. The number of aryl methyl sites for hydroxylation is 1. The van der Waals surface area contributed by atoms with Gasteiger partial charge < -0.3 is 9.88 Å². The van der Waals surface area contributed by atoms with E-state index in [0.29, 0.717) is 25.5 Å². The fourth-order valence-electron chi connectivity index (χ4n) is 2.30. The zero-order chi connectivity index (χ0) is 17.7. The van der Waals surface area contributed by atoms with Crippen LogP contribution in [0, 0.1) is 24.4 Å². The molecule has 0 bridgehead atoms. The second-order valence-corrected chi connectivity index (χ2v) is 5.34. The normalized spacial score (nSPS) is 10.7. The first-order chi connectivity index (χ1) is 11.4. The number of rotatable bonds is 6. The Morgan fingerprint density at radius 3 is 2.54 bits per heavy atom. The summed E-state index contributed by atoms with van der Waals surface area (Å²) in [6.07, 6.45) is 1.18. The molecule has 0 unspecified atom stereocenters. The predicted octanol–water partition coefficient (Wildman–Crippen LogP) is 2.78. The number of aromatic nitrogens is 1. The van der Waals surface area contributed by atoms with Crippen molar-refractivity contribution in [3.8, 4) is 0 Å². The molecule has 1 heterocycles. The van der Waals surface area contributed by atoms with Gasteiger partial charge in [0.2, 0.25) is 0 Å². The molecular weight excluding hydrogens is 321 g/mol. The molecule has 0 spiro atoms. The summed E-state index contributed by atoms with van der Waals surface area (Å²) in [5.74, 6) is -5.31. The number of unbranched alkanes of at least 4 members (excludes halogenated alkanes) is 1. The molecule has 1 aromatic heterocycles. The molecule has 0 aliphatic heterocycles. The first kappa shape index (κ1) is 17.8. The molecule has 0 fully saturated rings. The summed E-state index contributed by atoms with van der Waals surface area (Å²) < 4.78 is 41.0. The van der Waals surface area contributed by atoms with E-state index in [2.05, 4.69) is 5.32 Å². The lowest BCUT2D eigenvalue weighted by Gasteiger charge is -2.10. The van der Waals surface area contributed by atoms with Gasteiger partial charge in [-0.3, -0.25) is 9.59 Å². The van der Waals surface area contributed by atoms with Crippen molar-refractivity contribution in [2.75, 3.05) is 6.54 Å². The maximum Gasteiger partial charge on any atom is 0.254 e. The molecule has 1 N–H and O–H groups in total. The number of carbonyl (C=O) groups is 1. The lowest BCUT2D eigenvalue weighted by molar-refractivity contribution is 0.0947. The summed E-state index contributed by atoms with van der Waals surface area (Å²) in [6.45, 7) is 2.56. The molecule has 1 aromatic carbocycles. The number of carbonyl (C=O) groups excluding carboxylic acids is 1. The van der Waals surface area contributed by atoms with Crippen LogP contribution in [0.4, 0.5) is 13.2 Å². The van der Waals surface area contributed by atoms with Crippen molar-refractivity contribution < 1.29 is 18.0 Å². The Hall–Kier alpha value is -2.57. The lowest BCUT2D eigenvalue weighted by atomic mass is 10.2. The van der Waals surface area contributed by atoms with Gasteiger partial charge in [-0.1, -0.05) is 6.07 Å². The third-order valence-electron chi connectivity index (χ3n) is 3.64. The molecule has 0 radical (unpaired) electrons. The van der Waals surface area contributed by atoms with Gasteiger partial charge in [0.25, 0.3) is 11.5 Å². The van der Waals surface area contributed by atoms with Gasteiger partial charge in [0, 0.05) is 24.8 Å². The zero-order valence-corrected chi connectivity index (χ0v) is 13.1. The van der Waals surface area contributed by atoms with Crippen LogP contribution in [0.5, 0.6) is 0 Å². The third kappa shape index (κ3) is 4.04. The van der Waals surface area contributed by atoms with Gasteiger partial charge in [-0.25, -0.2) is 13.2 Å². The fraction of sp³-hybridized carbons (Fsp3) is 0.294. The summed E-state index contributed by atoms with van der Waals surface area (Å²) in [5.41, 5.74) is 0.210. The maximum absolute atomic E-state index is 13.5. The minimum atomic E-state index is -1.67. The van der Waals surface area contributed by atoms with Crippen molar-refractivity contribution in [3.05, 3.63) is 69.4 Å². The van der Waals surface area contributed by atoms with E-state index in [4.69, 9.17) is 0 Å². The smallest absolute Gasteiger partial charge is 0.254 e. The molecule has 0 saturated carbocycles. The highest BCUT2D eigenvalue weighted by Gasteiger charge is 2.18. The number of nitrogens with zero attached hydrogens (tertiary/aromatic N) is 1. The summed E-state index contributed by atoms with van der Waals surface area (Å²) in [7, 11) is 0. The van der Waals surface area contributed by atoms with Crippen LogP contribution in [0.2, 0.25) is 0 Å². The van der Waals surface area contributed by atoms with Crippen LogP contribution in [0.25, 0.3) is 0 Å². The quantitative estimate of drug-likeness (QED) is 0.650. The van der Waals surface area contributed by atoms with Crippen molar-refractivity contribution in [2.45, 2.75) is 26.3 Å². The van der Waals surface area contributed by atoms with Crippen molar-refractivity contribution in [3.63, 3.8) is 0 Å². The number of benzene rings is 1. The highest BCUT2D eigenvalue weighted by molar-refractivity contribution is 5.94. The number of pyridine rings is 1. The number of hydrogen-bond donors (Lipinski definition) is 1. The van der Waals surface area contributed by atoms with Gasteiger partial charge >= 0.3 is 0 Å². The van der Waals surface area contributed by atoms with Gasteiger partial charge in [-0.2, -0.15) is 0 Å². The van der Waals surface area contributed by atoms with E-state index in [1.807, 2.05) is 13.0 Å². The van der Waals surface area contributed by atoms with Crippen LogP contribution in [-0.4, -0.2) is 17.0 Å². The Morgan fingerprint density at radius 1 is 1.08 bits per heavy atom. The molecule has 2 rings (SSSR count). The van der Waals surface area contributed by atoms with Crippen molar-refractivity contribution in [2.24, 2.45) is 0 Å². The average molecular weight is 338 g/mol. The molecule has 7 heteroatoms. The van der Waals surface area contributed by atoms with E-state index in [1.165, 1.54) is 6.07 Å². The molecule has 0 saturated heterocycles. The maximum atomic E-state index is 13.5. The highest BCUT2D eigenvalue weighted by Crippen LogP contribution is 2.15. The Kier molecular flexibility index (Phi) is 5.78. The van der Waals surface area contributed by atoms with Crippen LogP contribution >= 0.6 is 0 Å². The number of nitrogens with one attached hydrogen (secondary N) is 1. The lowest BCUT2D eigenvalue weighted by Crippen LogP contribution is -2.26. The third-order valence-corrected chi connectivity index (χ3v) is 3.64. The number of halogens is 3. The Bertz CT molecular complexity index is 803.